The third-order valence-electron chi connectivity index (χ3n) is 6.64. The van der Waals surface area contributed by atoms with Gasteiger partial charge >= 0.3 is 0 Å². The molecule has 0 radical (unpaired) electrons. The van der Waals surface area contributed by atoms with Crippen LogP contribution in [0.25, 0.3) is 0 Å². The first kappa shape index (κ1) is 20.1. The summed E-state index contributed by atoms with van der Waals surface area (Å²) in [6, 6.07) is 18.6. The van der Waals surface area contributed by atoms with Crippen LogP contribution in [0.5, 0.6) is 0 Å². The second kappa shape index (κ2) is 8.29. The Balaban J connectivity index is 1.29. The van der Waals surface area contributed by atoms with E-state index in [1.54, 1.807) is 0 Å². The Bertz CT molecular complexity index is 820. The number of hydrogen-bond acceptors (Lipinski definition) is 3. The van der Waals surface area contributed by atoms with Gasteiger partial charge in [0, 0.05) is 38.7 Å². The summed E-state index contributed by atoms with van der Waals surface area (Å²) in [6.07, 6.45) is 2.61. The van der Waals surface area contributed by atoms with Gasteiger partial charge in [0.25, 0.3) is 0 Å². The summed E-state index contributed by atoms with van der Waals surface area (Å²) in [5.41, 5.74) is 2.86. The minimum absolute atomic E-state index is 0.0402. The Labute approximate surface area is 173 Å². The lowest BCUT2D eigenvalue weighted by atomic mass is 9.91. The molecule has 29 heavy (non-hydrogen) atoms. The van der Waals surface area contributed by atoms with Gasteiger partial charge in [-0.15, -0.1) is 0 Å². The Kier molecular flexibility index (Phi) is 5.75. The highest BCUT2D eigenvalue weighted by Gasteiger charge is 2.48. The van der Waals surface area contributed by atoms with Crippen LogP contribution < -0.4 is 5.32 Å². The zero-order chi connectivity index (χ0) is 20.4. The van der Waals surface area contributed by atoms with Crippen molar-refractivity contribution >= 4 is 11.6 Å². The van der Waals surface area contributed by atoms with E-state index in [4.69, 9.17) is 0 Å². The van der Waals surface area contributed by atoms with Gasteiger partial charge in [-0.3, -0.25) is 4.79 Å². The highest BCUT2D eigenvalue weighted by molar-refractivity contribution is 5.88. The van der Waals surface area contributed by atoms with Gasteiger partial charge in [-0.2, -0.15) is 0 Å². The van der Waals surface area contributed by atoms with Crippen LogP contribution in [0.2, 0.25) is 0 Å². The maximum atomic E-state index is 11.2. The summed E-state index contributed by atoms with van der Waals surface area (Å²) in [7, 11) is 0. The number of likely N-dealkylation sites (tertiary alicyclic amines) is 1. The Morgan fingerprint density at radius 3 is 2.31 bits per heavy atom. The third-order valence-corrected chi connectivity index (χ3v) is 6.64. The smallest absolute Gasteiger partial charge is 0.221 e. The van der Waals surface area contributed by atoms with Crippen LogP contribution >= 0.6 is 0 Å². The Morgan fingerprint density at radius 1 is 1.10 bits per heavy atom. The standard InChI is InChI=1S/C25H32N2O2/c1-18(21-8-10-24(11-9-21)26-19(2)28)15-27-16-22-13-25(29,14-23(22)17-27)12-20-6-4-3-5-7-20/h3-11,18,22-23,29H,12-17H2,1-2H3,(H,26,28). The molecule has 0 bridgehead atoms. The number of aliphatic hydroxyl groups is 1. The second-order valence-electron chi connectivity index (χ2n) is 9.24. The molecule has 1 aliphatic heterocycles. The molecule has 4 heteroatoms. The minimum atomic E-state index is -0.534. The highest BCUT2D eigenvalue weighted by atomic mass is 16.3. The molecule has 154 valence electrons. The molecule has 2 aliphatic rings. The van der Waals surface area contributed by atoms with E-state index in [1.165, 1.54) is 18.1 Å². The molecule has 3 unspecified atom stereocenters. The first-order valence-corrected chi connectivity index (χ1v) is 10.8. The largest absolute Gasteiger partial charge is 0.390 e. The summed E-state index contributed by atoms with van der Waals surface area (Å²) in [5, 5.41) is 14.0. The fraction of sp³-hybridized carbons (Fsp3) is 0.480. The van der Waals surface area contributed by atoms with Gasteiger partial charge in [-0.25, -0.2) is 0 Å². The molecule has 1 saturated carbocycles. The predicted octanol–water partition coefficient (Wildman–Crippen LogP) is 4.06. The first-order valence-electron chi connectivity index (χ1n) is 10.8. The molecule has 0 spiro atoms. The van der Waals surface area contributed by atoms with Crippen LogP contribution in [0.4, 0.5) is 5.69 Å². The zero-order valence-electron chi connectivity index (χ0n) is 17.5. The molecule has 4 rings (SSSR count). The number of nitrogens with zero attached hydrogens (tertiary/aromatic N) is 1. The average Bonchev–Trinajstić information content (AvgIpc) is 3.16. The summed E-state index contributed by atoms with van der Waals surface area (Å²) < 4.78 is 0. The molecule has 1 heterocycles. The molecule has 3 atom stereocenters. The van der Waals surface area contributed by atoms with Crippen molar-refractivity contribution < 1.29 is 9.90 Å². The number of hydrogen-bond donors (Lipinski definition) is 2. The number of benzene rings is 2. The number of rotatable bonds is 6. The molecule has 0 aromatic heterocycles. The monoisotopic (exact) mass is 392 g/mol. The van der Waals surface area contributed by atoms with Gasteiger partial charge in [0.2, 0.25) is 5.91 Å². The topological polar surface area (TPSA) is 52.6 Å². The SMILES string of the molecule is CC(=O)Nc1ccc(C(C)CN2CC3CC(O)(Cc4ccccc4)CC3C2)cc1. The van der Waals surface area contributed by atoms with E-state index >= 15 is 0 Å². The number of amides is 1. The van der Waals surface area contributed by atoms with E-state index in [-0.39, 0.29) is 5.91 Å². The summed E-state index contributed by atoms with van der Waals surface area (Å²) in [6.45, 7) is 7.03. The van der Waals surface area contributed by atoms with E-state index in [0.717, 1.165) is 44.6 Å². The lowest BCUT2D eigenvalue weighted by Crippen LogP contribution is -2.33. The van der Waals surface area contributed by atoms with Gasteiger partial charge in [0.15, 0.2) is 0 Å². The highest BCUT2D eigenvalue weighted by Crippen LogP contribution is 2.45. The van der Waals surface area contributed by atoms with Crippen molar-refractivity contribution in [3.8, 4) is 0 Å². The zero-order valence-corrected chi connectivity index (χ0v) is 17.5. The van der Waals surface area contributed by atoms with E-state index in [1.807, 2.05) is 18.2 Å². The summed E-state index contributed by atoms with van der Waals surface area (Å²) >= 11 is 0. The first-order chi connectivity index (χ1) is 13.9. The molecule has 2 N–H and O–H groups in total. The van der Waals surface area contributed by atoms with Crippen molar-refractivity contribution in [2.75, 3.05) is 25.0 Å². The van der Waals surface area contributed by atoms with Crippen LogP contribution in [-0.4, -0.2) is 41.1 Å². The van der Waals surface area contributed by atoms with Gasteiger partial charge in [0.05, 0.1) is 5.60 Å². The molecule has 1 saturated heterocycles. The van der Waals surface area contributed by atoms with E-state index in [0.29, 0.717) is 17.8 Å². The Morgan fingerprint density at radius 2 is 1.72 bits per heavy atom. The molecule has 2 aromatic carbocycles. The third kappa shape index (κ3) is 4.88. The average molecular weight is 393 g/mol. The van der Waals surface area contributed by atoms with E-state index < -0.39 is 5.60 Å². The number of anilines is 1. The summed E-state index contributed by atoms with van der Waals surface area (Å²) in [4.78, 5) is 13.7. The lowest BCUT2D eigenvalue weighted by molar-refractivity contribution is -0.114. The molecule has 1 aliphatic carbocycles. The fourth-order valence-electron chi connectivity index (χ4n) is 5.42. The number of fused-ring (bicyclic) bond motifs is 1. The number of nitrogens with one attached hydrogen (secondary N) is 1. The van der Waals surface area contributed by atoms with Crippen LogP contribution in [0.15, 0.2) is 54.6 Å². The minimum Gasteiger partial charge on any atom is -0.390 e. The van der Waals surface area contributed by atoms with Crippen LogP contribution in [-0.2, 0) is 11.2 Å². The number of carbonyl (C=O) groups is 1. The summed E-state index contributed by atoms with van der Waals surface area (Å²) in [5.74, 6) is 1.63. The van der Waals surface area contributed by atoms with Gasteiger partial charge < -0.3 is 15.3 Å². The van der Waals surface area contributed by atoms with Gasteiger partial charge in [-0.05, 0) is 53.9 Å². The molecular formula is C25H32N2O2. The van der Waals surface area contributed by atoms with Crippen molar-refractivity contribution in [3.05, 3.63) is 65.7 Å². The van der Waals surface area contributed by atoms with Crippen molar-refractivity contribution in [1.29, 1.82) is 0 Å². The van der Waals surface area contributed by atoms with Gasteiger partial charge in [0.1, 0.15) is 0 Å². The van der Waals surface area contributed by atoms with Crippen LogP contribution in [0.1, 0.15) is 43.7 Å². The van der Waals surface area contributed by atoms with Crippen LogP contribution in [0, 0.1) is 11.8 Å². The van der Waals surface area contributed by atoms with Crippen molar-refractivity contribution in [3.63, 3.8) is 0 Å². The van der Waals surface area contributed by atoms with E-state index in [2.05, 4.69) is 53.5 Å². The normalized spacial score (nSPS) is 27.6. The maximum absolute atomic E-state index is 11.2. The molecule has 2 fully saturated rings. The molecule has 1 amide bonds. The van der Waals surface area contributed by atoms with Gasteiger partial charge in [-0.1, -0.05) is 49.4 Å². The van der Waals surface area contributed by atoms with Crippen LogP contribution in [0.3, 0.4) is 0 Å². The lowest BCUT2D eigenvalue weighted by Gasteiger charge is -2.27. The quantitative estimate of drug-likeness (QED) is 0.779. The van der Waals surface area contributed by atoms with E-state index in [9.17, 15) is 9.90 Å². The second-order valence-corrected chi connectivity index (χ2v) is 9.24. The van der Waals surface area contributed by atoms with Crippen molar-refractivity contribution in [2.45, 2.75) is 44.6 Å². The number of carbonyl (C=O) groups excluding carboxylic acids is 1. The molecular weight excluding hydrogens is 360 g/mol. The molecule has 2 aromatic rings. The van der Waals surface area contributed by atoms with Crippen molar-refractivity contribution in [1.82, 2.24) is 4.90 Å². The fourth-order valence-corrected chi connectivity index (χ4v) is 5.42. The maximum Gasteiger partial charge on any atom is 0.221 e. The Hall–Kier alpha value is -2.17. The molecule has 4 nitrogen and oxygen atoms in total. The predicted molar refractivity (Wildman–Crippen MR) is 117 cm³/mol. The van der Waals surface area contributed by atoms with Crippen molar-refractivity contribution in [2.24, 2.45) is 11.8 Å².